The molecule has 1 saturated heterocycles. The van der Waals surface area contributed by atoms with E-state index in [0.29, 0.717) is 12.4 Å². The predicted octanol–water partition coefficient (Wildman–Crippen LogP) is 5.16. The van der Waals surface area contributed by atoms with Crippen LogP contribution in [0.15, 0.2) is 55.0 Å². The Morgan fingerprint density at radius 1 is 0.974 bits per heavy atom. The molecule has 0 unspecified atom stereocenters. The van der Waals surface area contributed by atoms with Crippen molar-refractivity contribution in [2.75, 3.05) is 39.3 Å². The quantitative estimate of drug-likeness (QED) is 0.273. The number of aromatic nitrogens is 5. The summed E-state index contributed by atoms with van der Waals surface area (Å²) in [6.07, 6.45) is 11.1. The van der Waals surface area contributed by atoms with E-state index in [0.717, 1.165) is 89.2 Å². The zero-order chi connectivity index (χ0) is 26.2. The fourth-order valence-corrected chi connectivity index (χ4v) is 5.68. The third kappa shape index (κ3) is 4.79. The molecule has 198 valence electrons. The van der Waals surface area contributed by atoms with Gasteiger partial charge < -0.3 is 15.0 Å². The number of H-pyrrole nitrogens is 2. The van der Waals surface area contributed by atoms with Gasteiger partial charge in [-0.15, -0.1) is 0 Å². The highest BCUT2D eigenvalue weighted by molar-refractivity contribution is 6.00. The third-order valence-corrected chi connectivity index (χ3v) is 7.71. The number of pyridine rings is 2. The second-order valence-electron chi connectivity index (χ2n) is 10.3. The number of benzene rings is 1. The number of halogens is 1. The van der Waals surface area contributed by atoms with E-state index < -0.39 is 0 Å². The van der Waals surface area contributed by atoms with Gasteiger partial charge in [-0.3, -0.25) is 15.0 Å². The summed E-state index contributed by atoms with van der Waals surface area (Å²) in [6.45, 7) is 5.44. The van der Waals surface area contributed by atoms with E-state index in [2.05, 4.69) is 53.6 Å². The SMILES string of the molecule is Fc1cc(OCCN2CCCC2)cc(-c2cncc3[nH]c(-c4n[nH]c5ncc(C6=CCNCC6)cc45)cc23)c1. The van der Waals surface area contributed by atoms with E-state index in [4.69, 9.17) is 4.74 Å². The van der Waals surface area contributed by atoms with Gasteiger partial charge in [0.15, 0.2) is 5.65 Å². The van der Waals surface area contributed by atoms with Crippen molar-refractivity contribution in [2.24, 2.45) is 0 Å². The fraction of sp³-hybridized carbons (Fsp3) is 0.300. The van der Waals surface area contributed by atoms with E-state index in [1.54, 1.807) is 12.4 Å². The molecule has 0 spiro atoms. The molecule has 0 atom stereocenters. The van der Waals surface area contributed by atoms with Crippen molar-refractivity contribution in [3.63, 3.8) is 0 Å². The Morgan fingerprint density at radius 3 is 2.77 bits per heavy atom. The van der Waals surface area contributed by atoms with Crippen LogP contribution in [0.3, 0.4) is 0 Å². The monoisotopic (exact) mass is 523 g/mol. The molecule has 9 heteroatoms. The van der Waals surface area contributed by atoms with Crippen molar-refractivity contribution in [1.82, 2.24) is 35.4 Å². The number of nitrogens with one attached hydrogen (secondary N) is 3. The molecule has 5 aromatic rings. The van der Waals surface area contributed by atoms with Crippen LogP contribution in [0.1, 0.15) is 24.8 Å². The fourth-order valence-electron chi connectivity index (χ4n) is 5.68. The molecule has 2 aliphatic rings. The number of aromatic amines is 2. The van der Waals surface area contributed by atoms with Crippen LogP contribution in [0.4, 0.5) is 4.39 Å². The normalized spacial score (nSPS) is 16.3. The zero-order valence-corrected chi connectivity index (χ0v) is 21.6. The lowest BCUT2D eigenvalue weighted by Crippen LogP contribution is -2.25. The van der Waals surface area contributed by atoms with Crippen molar-refractivity contribution < 1.29 is 9.13 Å². The smallest absolute Gasteiger partial charge is 0.155 e. The molecule has 4 aromatic heterocycles. The molecule has 1 fully saturated rings. The average molecular weight is 524 g/mol. The van der Waals surface area contributed by atoms with Crippen molar-refractivity contribution >= 4 is 27.5 Å². The molecule has 39 heavy (non-hydrogen) atoms. The number of hydrogen-bond acceptors (Lipinski definition) is 6. The van der Waals surface area contributed by atoms with Crippen LogP contribution in [-0.2, 0) is 0 Å². The lowest BCUT2D eigenvalue weighted by atomic mass is 10.0. The maximum Gasteiger partial charge on any atom is 0.155 e. The Balaban J connectivity index is 1.22. The number of fused-ring (bicyclic) bond motifs is 2. The van der Waals surface area contributed by atoms with Crippen LogP contribution in [0.5, 0.6) is 5.75 Å². The summed E-state index contributed by atoms with van der Waals surface area (Å²) in [7, 11) is 0. The van der Waals surface area contributed by atoms with Crippen LogP contribution >= 0.6 is 0 Å². The van der Waals surface area contributed by atoms with Crippen LogP contribution in [0.2, 0.25) is 0 Å². The van der Waals surface area contributed by atoms with Crippen molar-refractivity contribution in [1.29, 1.82) is 0 Å². The molecular weight excluding hydrogens is 493 g/mol. The Morgan fingerprint density at radius 2 is 1.90 bits per heavy atom. The number of rotatable bonds is 7. The topological polar surface area (TPSA) is 94.8 Å². The van der Waals surface area contributed by atoms with Crippen LogP contribution in [0.25, 0.3) is 50.0 Å². The van der Waals surface area contributed by atoms with Gasteiger partial charge in [-0.1, -0.05) is 6.08 Å². The molecule has 1 aromatic carbocycles. The van der Waals surface area contributed by atoms with Gasteiger partial charge in [-0.2, -0.15) is 5.10 Å². The van der Waals surface area contributed by atoms with Gasteiger partial charge in [0.05, 0.1) is 17.4 Å². The van der Waals surface area contributed by atoms with Crippen LogP contribution in [-0.4, -0.2) is 69.4 Å². The molecular formula is C30H30FN7O. The van der Waals surface area contributed by atoms with E-state index in [9.17, 15) is 4.39 Å². The average Bonchev–Trinajstić information content (AvgIpc) is 3.72. The van der Waals surface area contributed by atoms with Crippen molar-refractivity contribution in [2.45, 2.75) is 19.3 Å². The summed E-state index contributed by atoms with van der Waals surface area (Å²) in [4.78, 5) is 14.9. The summed E-state index contributed by atoms with van der Waals surface area (Å²) >= 11 is 0. The first-order valence-corrected chi connectivity index (χ1v) is 13.6. The number of ether oxygens (including phenoxy) is 1. The van der Waals surface area contributed by atoms with E-state index in [-0.39, 0.29) is 5.82 Å². The van der Waals surface area contributed by atoms with Gasteiger partial charge in [0.1, 0.15) is 23.9 Å². The molecule has 0 radical (unpaired) electrons. The number of nitrogens with zero attached hydrogens (tertiary/aromatic N) is 4. The Bertz CT molecular complexity index is 1680. The minimum atomic E-state index is -0.333. The van der Waals surface area contributed by atoms with Gasteiger partial charge in [-0.25, -0.2) is 9.37 Å². The molecule has 8 nitrogen and oxygen atoms in total. The lowest BCUT2D eigenvalue weighted by molar-refractivity contribution is 0.237. The summed E-state index contributed by atoms with van der Waals surface area (Å²) in [5.41, 5.74) is 7.19. The molecule has 2 aliphatic heterocycles. The standard InChI is InChI=1S/C30H30FN7O/c31-22-11-20(12-23(14-22)39-10-9-38-7-1-2-8-38)26-17-33-18-28-24(26)15-27(35-28)29-25-13-21(16-34-30(25)37-36-29)19-3-5-32-6-4-19/h3,11-18,32,35H,1-2,4-10H2,(H,34,36,37). The van der Waals surface area contributed by atoms with E-state index >= 15 is 0 Å². The molecule has 3 N–H and O–H groups in total. The first-order chi connectivity index (χ1) is 19.2. The summed E-state index contributed by atoms with van der Waals surface area (Å²) in [5.74, 6) is 0.196. The first kappa shape index (κ1) is 24.0. The summed E-state index contributed by atoms with van der Waals surface area (Å²) < 4.78 is 20.6. The second-order valence-corrected chi connectivity index (χ2v) is 10.3. The molecule has 0 aliphatic carbocycles. The summed E-state index contributed by atoms with van der Waals surface area (Å²) in [6, 6.07) is 9.08. The molecule has 6 heterocycles. The highest BCUT2D eigenvalue weighted by Gasteiger charge is 2.17. The highest BCUT2D eigenvalue weighted by atomic mass is 19.1. The Labute approximate surface area is 225 Å². The van der Waals surface area contributed by atoms with Crippen molar-refractivity contribution in [3.05, 3.63) is 66.4 Å². The number of hydrogen-bond donors (Lipinski definition) is 3. The van der Waals surface area contributed by atoms with Crippen LogP contribution in [0, 0.1) is 5.82 Å². The minimum absolute atomic E-state index is 0.333. The molecule has 0 amide bonds. The predicted molar refractivity (Wildman–Crippen MR) is 151 cm³/mol. The third-order valence-electron chi connectivity index (χ3n) is 7.71. The maximum atomic E-state index is 14.7. The molecule has 7 rings (SSSR count). The molecule has 0 saturated carbocycles. The number of likely N-dealkylation sites (tertiary alicyclic amines) is 1. The van der Waals surface area contributed by atoms with Gasteiger partial charge in [0.2, 0.25) is 0 Å². The van der Waals surface area contributed by atoms with Gasteiger partial charge >= 0.3 is 0 Å². The highest BCUT2D eigenvalue weighted by Crippen LogP contribution is 2.35. The van der Waals surface area contributed by atoms with Gasteiger partial charge in [-0.05, 0) is 79.9 Å². The zero-order valence-electron chi connectivity index (χ0n) is 21.6. The van der Waals surface area contributed by atoms with Crippen LogP contribution < -0.4 is 10.1 Å². The van der Waals surface area contributed by atoms with E-state index in [1.165, 1.54) is 30.5 Å². The maximum absolute atomic E-state index is 14.7. The first-order valence-electron chi connectivity index (χ1n) is 13.6. The minimum Gasteiger partial charge on any atom is -0.492 e. The van der Waals surface area contributed by atoms with Crippen molar-refractivity contribution in [3.8, 4) is 28.3 Å². The molecule has 0 bridgehead atoms. The Kier molecular flexibility index (Phi) is 6.30. The second kappa shape index (κ2) is 10.2. The van der Waals surface area contributed by atoms with Gasteiger partial charge in [0, 0.05) is 47.9 Å². The summed E-state index contributed by atoms with van der Waals surface area (Å²) in [5, 5.41) is 12.9. The van der Waals surface area contributed by atoms with E-state index in [1.807, 2.05) is 12.3 Å². The van der Waals surface area contributed by atoms with Gasteiger partial charge in [0.25, 0.3) is 0 Å². The Hall–Kier alpha value is -4.08. The largest absolute Gasteiger partial charge is 0.492 e. The lowest BCUT2D eigenvalue weighted by Gasteiger charge is -2.15.